The van der Waals surface area contributed by atoms with Gasteiger partial charge in [-0.15, -0.1) is 0 Å². The molecule has 29 heavy (non-hydrogen) atoms. The first-order valence-corrected chi connectivity index (χ1v) is 12.0. The highest BCUT2D eigenvalue weighted by Crippen LogP contribution is 2.31. The number of likely N-dealkylation sites (N-methyl/N-ethyl adjacent to an activating group) is 1. The number of aromatic nitrogens is 1. The van der Waals surface area contributed by atoms with E-state index in [9.17, 15) is 17.2 Å². The molecule has 160 valence electrons. The van der Waals surface area contributed by atoms with Gasteiger partial charge in [-0.2, -0.15) is 4.39 Å². The van der Waals surface area contributed by atoms with Crippen LogP contribution in [-0.4, -0.2) is 33.0 Å². The van der Waals surface area contributed by atoms with Crippen molar-refractivity contribution in [1.29, 1.82) is 0 Å². The summed E-state index contributed by atoms with van der Waals surface area (Å²) in [7, 11) is -2.41. The molecule has 6 nitrogen and oxygen atoms in total. The van der Waals surface area contributed by atoms with Crippen LogP contribution in [0.4, 0.5) is 19.6 Å². The Labute approximate surface area is 178 Å². The lowest BCUT2D eigenvalue weighted by Crippen LogP contribution is -2.34. The van der Waals surface area contributed by atoms with Crippen LogP contribution in [0.5, 0.6) is 0 Å². The van der Waals surface area contributed by atoms with E-state index >= 15 is 0 Å². The van der Waals surface area contributed by atoms with Crippen LogP contribution < -0.4 is 15.4 Å². The average molecular weight is 465 g/mol. The van der Waals surface area contributed by atoms with E-state index in [1.54, 1.807) is 0 Å². The molecule has 0 bridgehead atoms. The number of sulfonamides is 1. The molecule has 3 rings (SSSR count). The Kier molecular flexibility index (Phi) is 7.31. The number of benzene rings is 1. The van der Waals surface area contributed by atoms with Crippen LogP contribution in [0.3, 0.4) is 0 Å². The fraction of sp³-hybridized carbons (Fsp3) is 0.500. The Morgan fingerprint density at radius 2 is 2.03 bits per heavy atom. The first-order valence-electron chi connectivity index (χ1n) is 9.33. The van der Waals surface area contributed by atoms with Crippen molar-refractivity contribution in [2.24, 2.45) is 5.92 Å². The van der Waals surface area contributed by atoms with E-state index in [1.807, 2.05) is 7.05 Å². The van der Waals surface area contributed by atoms with Gasteiger partial charge in [-0.3, -0.25) is 4.72 Å². The minimum absolute atomic E-state index is 0.0767. The standard InChI is InChI=1S/C18H23ClF2N4O2S2/c1-22-12(6-11-4-2-3-5-11)9-23-15-8-14(20)16(7-13(15)19)29(26,27)25-18-24-10-17(21)28-18/h7-8,10-12,22-23H,2-6,9H2,1H3,(H,24,25)/t12-/m0/s1. The molecule has 1 aliphatic rings. The molecule has 0 unspecified atom stereocenters. The van der Waals surface area contributed by atoms with Crippen molar-refractivity contribution >= 4 is 43.8 Å². The smallest absolute Gasteiger partial charge is 0.266 e. The van der Waals surface area contributed by atoms with Crippen LogP contribution >= 0.6 is 22.9 Å². The number of nitrogens with zero attached hydrogens (tertiary/aromatic N) is 1. The van der Waals surface area contributed by atoms with E-state index in [4.69, 9.17) is 11.6 Å². The van der Waals surface area contributed by atoms with Gasteiger partial charge in [-0.05, 0) is 31.5 Å². The highest BCUT2D eigenvalue weighted by Gasteiger charge is 2.24. The normalized spacial score (nSPS) is 16.1. The molecule has 0 radical (unpaired) electrons. The molecule has 1 heterocycles. The van der Waals surface area contributed by atoms with E-state index in [1.165, 1.54) is 25.7 Å². The van der Waals surface area contributed by atoms with Crippen LogP contribution in [0.25, 0.3) is 0 Å². The maximum atomic E-state index is 14.5. The molecule has 1 atom stereocenters. The molecule has 0 saturated heterocycles. The molecule has 1 aromatic heterocycles. The van der Waals surface area contributed by atoms with Crippen molar-refractivity contribution in [3.8, 4) is 0 Å². The zero-order valence-corrected chi connectivity index (χ0v) is 18.2. The van der Waals surface area contributed by atoms with Crippen LogP contribution in [0.15, 0.2) is 23.2 Å². The maximum absolute atomic E-state index is 14.5. The number of hydrogen-bond acceptors (Lipinski definition) is 6. The fourth-order valence-corrected chi connectivity index (χ4v) is 5.69. The predicted molar refractivity (Wildman–Crippen MR) is 112 cm³/mol. The second-order valence-corrected chi connectivity index (χ2v) is 10.1. The number of thiazole rings is 1. The van der Waals surface area contributed by atoms with Gasteiger partial charge in [0.15, 0.2) is 10.3 Å². The monoisotopic (exact) mass is 464 g/mol. The summed E-state index contributed by atoms with van der Waals surface area (Å²) in [6, 6.07) is 2.29. The van der Waals surface area contributed by atoms with Gasteiger partial charge >= 0.3 is 0 Å². The molecule has 0 aliphatic heterocycles. The van der Waals surface area contributed by atoms with E-state index in [0.29, 0.717) is 29.5 Å². The first kappa shape index (κ1) is 22.2. The van der Waals surface area contributed by atoms with E-state index in [0.717, 1.165) is 24.8 Å². The SMILES string of the molecule is CN[C@H](CNc1cc(F)c(S(=O)(=O)Nc2ncc(F)s2)cc1Cl)CC1CCCC1. The van der Waals surface area contributed by atoms with Gasteiger partial charge in [0.05, 0.1) is 16.9 Å². The second kappa shape index (κ2) is 9.55. The van der Waals surface area contributed by atoms with Crippen LogP contribution in [0.1, 0.15) is 32.1 Å². The minimum Gasteiger partial charge on any atom is -0.382 e. The average Bonchev–Trinajstić information content (AvgIpc) is 3.32. The lowest BCUT2D eigenvalue weighted by atomic mass is 9.98. The summed E-state index contributed by atoms with van der Waals surface area (Å²) in [5.41, 5.74) is 0.315. The topological polar surface area (TPSA) is 83.1 Å². The molecule has 3 N–H and O–H groups in total. The third-order valence-corrected chi connectivity index (χ3v) is 7.55. The molecular formula is C18H23ClF2N4O2S2. The number of halogens is 3. The molecule has 1 aliphatic carbocycles. The van der Waals surface area contributed by atoms with Crippen LogP contribution in [0, 0.1) is 16.9 Å². The third-order valence-electron chi connectivity index (χ3n) is 5.05. The van der Waals surface area contributed by atoms with E-state index < -0.39 is 25.9 Å². The number of rotatable bonds is 9. The molecule has 1 aromatic carbocycles. The number of hydrogen-bond donors (Lipinski definition) is 3. The molecule has 1 saturated carbocycles. The number of nitrogens with one attached hydrogen (secondary N) is 3. The van der Waals surface area contributed by atoms with Gasteiger partial charge in [0.25, 0.3) is 10.0 Å². The molecule has 1 fully saturated rings. The Balaban J connectivity index is 1.69. The second-order valence-electron chi connectivity index (χ2n) is 7.09. The lowest BCUT2D eigenvalue weighted by Gasteiger charge is -2.21. The summed E-state index contributed by atoms with van der Waals surface area (Å²) in [6.45, 7) is 0.537. The first-order chi connectivity index (χ1) is 13.8. The Hall–Kier alpha value is -1.49. The molecule has 2 aromatic rings. The van der Waals surface area contributed by atoms with Crippen molar-refractivity contribution < 1.29 is 17.2 Å². The van der Waals surface area contributed by atoms with Crippen LogP contribution in [-0.2, 0) is 10.0 Å². The fourth-order valence-electron chi connectivity index (χ4n) is 3.53. The summed E-state index contributed by atoms with van der Waals surface area (Å²) in [5, 5.41) is 5.59. The summed E-state index contributed by atoms with van der Waals surface area (Å²) >= 11 is 6.70. The zero-order valence-electron chi connectivity index (χ0n) is 15.8. The highest BCUT2D eigenvalue weighted by atomic mass is 35.5. The Morgan fingerprint density at radius 3 is 2.66 bits per heavy atom. The number of anilines is 2. The van der Waals surface area contributed by atoms with Crippen molar-refractivity contribution in [2.45, 2.75) is 43.0 Å². The predicted octanol–water partition coefficient (Wildman–Crippen LogP) is 4.46. The van der Waals surface area contributed by atoms with E-state index in [2.05, 4.69) is 20.3 Å². The van der Waals surface area contributed by atoms with Crippen LogP contribution in [0.2, 0.25) is 5.02 Å². The quantitative estimate of drug-likeness (QED) is 0.510. The molecule has 0 amide bonds. The van der Waals surface area contributed by atoms with Gasteiger partial charge in [0.2, 0.25) is 0 Å². The van der Waals surface area contributed by atoms with E-state index in [-0.39, 0.29) is 16.2 Å². The van der Waals surface area contributed by atoms with Crippen molar-refractivity contribution in [3.63, 3.8) is 0 Å². The molecular weight excluding hydrogens is 442 g/mol. The van der Waals surface area contributed by atoms with Gasteiger partial charge in [0.1, 0.15) is 10.7 Å². The highest BCUT2D eigenvalue weighted by molar-refractivity contribution is 7.93. The summed E-state index contributed by atoms with van der Waals surface area (Å²) < 4.78 is 54.4. The van der Waals surface area contributed by atoms with Gasteiger partial charge in [0, 0.05) is 12.6 Å². The Morgan fingerprint density at radius 1 is 1.31 bits per heavy atom. The minimum atomic E-state index is -4.29. The maximum Gasteiger partial charge on any atom is 0.266 e. The molecule has 11 heteroatoms. The summed E-state index contributed by atoms with van der Waals surface area (Å²) in [6.07, 6.45) is 6.89. The van der Waals surface area contributed by atoms with Crippen molar-refractivity contribution in [3.05, 3.63) is 34.3 Å². The third kappa shape index (κ3) is 5.78. The summed E-state index contributed by atoms with van der Waals surface area (Å²) in [4.78, 5) is 2.95. The van der Waals surface area contributed by atoms with Crippen molar-refractivity contribution in [1.82, 2.24) is 10.3 Å². The van der Waals surface area contributed by atoms with Gasteiger partial charge in [-0.25, -0.2) is 17.8 Å². The van der Waals surface area contributed by atoms with Gasteiger partial charge in [-0.1, -0.05) is 48.6 Å². The lowest BCUT2D eigenvalue weighted by molar-refractivity contribution is 0.415. The Bertz CT molecular complexity index is 949. The molecule has 0 spiro atoms. The van der Waals surface area contributed by atoms with Crippen molar-refractivity contribution in [2.75, 3.05) is 23.6 Å². The summed E-state index contributed by atoms with van der Waals surface area (Å²) in [5.74, 6) is -0.269. The zero-order chi connectivity index (χ0) is 21.0. The largest absolute Gasteiger partial charge is 0.382 e. The van der Waals surface area contributed by atoms with Gasteiger partial charge < -0.3 is 10.6 Å².